The van der Waals surface area contributed by atoms with E-state index in [4.69, 9.17) is 0 Å². The zero-order valence-corrected chi connectivity index (χ0v) is 44.4. The lowest BCUT2D eigenvalue weighted by molar-refractivity contribution is 0.660. The molecule has 0 radical (unpaired) electrons. The fourth-order valence-electron chi connectivity index (χ4n) is 14.0. The lowest BCUT2D eigenvalue weighted by Crippen LogP contribution is -2.26. The minimum Gasteiger partial charge on any atom is -0.310 e. The molecular formula is C78H57N. The summed E-state index contributed by atoms with van der Waals surface area (Å²) in [6.07, 6.45) is 0.886. The smallest absolute Gasteiger partial charge is 0.0726 e. The van der Waals surface area contributed by atoms with E-state index in [1.165, 1.54) is 123 Å². The van der Waals surface area contributed by atoms with Crippen molar-refractivity contribution >= 4 is 17.1 Å². The van der Waals surface area contributed by atoms with Crippen LogP contribution in [0.25, 0.3) is 66.8 Å². The maximum absolute atomic E-state index is 2.54. The van der Waals surface area contributed by atoms with Crippen LogP contribution in [0.3, 0.4) is 0 Å². The molecule has 15 rings (SSSR count). The summed E-state index contributed by atoms with van der Waals surface area (Å²) in [4.78, 5) is 2.54. The fourth-order valence-corrected chi connectivity index (χ4v) is 14.0. The molecule has 0 saturated carbocycles. The molecule has 0 saturated heterocycles. The zero-order valence-electron chi connectivity index (χ0n) is 44.4. The molecule has 3 aliphatic rings. The van der Waals surface area contributed by atoms with E-state index in [2.05, 4.69) is 310 Å². The van der Waals surface area contributed by atoms with Gasteiger partial charge in [-0.25, -0.2) is 0 Å². The molecule has 0 amide bonds. The lowest BCUT2D eigenvalue weighted by Gasteiger charge is -2.32. The van der Waals surface area contributed by atoms with Gasteiger partial charge in [0.1, 0.15) is 0 Å². The van der Waals surface area contributed by atoms with E-state index in [0.29, 0.717) is 0 Å². The predicted octanol–water partition coefficient (Wildman–Crippen LogP) is 20.2. The van der Waals surface area contributed by atoms with Crippen molar-refractivity contribution in [2.45, 2.75) is 37.0 Å². The van der Waals surface area contributed by atoms with Crippen molar-refractivity contribution in [3.8, 4) is 66.8 Å². The molecule has 12 aromatic rings. The second-order valence-corrected chi connectivity index (χ2v) is 22.3. The number of anilines is 3. The summed E-state index contributed by atoms with van der Waals surface area (Å²) in [5.41, 5.74) is 30.0. The van der Waals surface area contributed by atoms with Crippen LogP contribution in [0.1, 0.15) is 69.8 Å². The summed E-state index contributed by atoms with van der Waals surface area (Å²) >= 11 is 0. The highest BCUT2D eigenvalue weighted by molar-refractivity contribution is 6.01. The molecule has 12 aromatic carbocycles. The summed E-state index contributed by atoms with van der Waals surface area (Å²) in [7, 11) is 0. The molecule has 0 fully saturated rings. The van der Waals surface area contributed by atoms with Crippen LogP contribution >= 0.6 is 0 Å². The monoisotopic (exact) mass is 1010 g/mol. The summed E-state index contributed by atoms with van der Waals surface area (Å²) in [5.74, 6) is 0.157. The Labute approximate surface area is 464 Å². The van der Waals surface area contributed by atoms with E-state index in [1.54, 1.807) is 0 Å². The quantitative estimate of drug-likeness (QED) is 0.132. The maximum Gasteiger partial charge on any atom is 0.0726 e. The Hall–Kier alpha value is -9.56. The molecule has 0 aromatic heterocycles. The van der Waals surface area contributed by atoms with Crippen LogP contribution in [0.5, 0.6) is 0 Å². The first-order valence-electron chi connectivity index (χ1n) is 27.9. The summed E-state index contributed by atoms with van der Waals surface area (Å²) in [6.45, 7) is 4.77. The van der Waals surface area contributed by atoms with E-state index in [0.717, 1.165) is 17.8 Å². The Morgan fingerprint density at radius 3 is 1.38 bits per heavy atom. The predicted molar refractivity (Wildman–Crippen MR) is 330 cm³/mol. The third-order valence-electron chi connectivity index (χ3n) is 17.7. The average molecular weight is 1010 g/mol. The lowest BCUT2D eigenvalue weighted by atomic mass is 9.70. The van der Waals surface area contributed by atoms with Gasteiger partial charge in [0.2, 0.25) is 0 Å². The largest absolute Gasteiger partial charge is 0.310 e. The van der Waals surface area contributed by atoms with E-state index in [9.17, 15) is 0 Å². The fraction of sp³-hybridized carbons (Fsp3) is 0.0769. The highest BCUT2D eigenvalue weighted by atomic mass is 15.1. The topological polar surface area (TPSA) is 3.24 Å². The molecule has 0 N–H and O–H groups in total. The highest BCUT2D eigenvalue weighted by Gasteiger charge is 2.52. The summed E-state index contributed by atoms with van der Waals surface area (Å²) in [6, 6.07) is 109. The van der Waals surface area contributed by atoms with E-state index < -0.39 is 5.41 Å². The second kappa shape index (κ2) is 18.6. The van der Waals surface area contributed by atoms with Gasteiger partial charge in [-0.15, -0.1) is 0 Å². The molecule has 0 heterocycles. The molecule has 374 valence electrons. The van der Waals surface area contributed by atoms with Crippen molar-refractivity contribution < 1.29 is 0 Å². The van der Waals surface area contributed by atoms with Crippen molar-refractivity contribution in [2.24, 2.45) is 0 Å². The van der Waals surface area contributed by atoms with Gasteiger partial charge in [-0.05, 0) is 148 Å². The van der Waals surface area contributed by atoms with Crippen LogP contribution in [0.4, 0.5) is 17.1 Å². The molecule has 1 nitrogen and oxygen atoms in total. The van der Waals surface area contributed by atoms with Gasteiger partial charge in [0.25, 0.3) is 0 Å². The van der Waals surface area contributed by atoms with Gasteiger partial charge in [-0.2, -0.15) is 0 Å². The number of hydrogen-bond acceptors (Lipinski definition) is 1. The molecular weight excluding hydrogens is 951 g/mol. The molecule has 3 aliphatic carbocycles. The minimum absolute atomic E-state index is 0.157. The van der Waals surface area contributed by atoms with E-state index >= 15 is 0 Å². The van der Waals surface area contributed by atoms with E-state index in [1.807, 2.05) is 0 Å². The SMILES string of the molecule is CC1(C)c2ccccc2-c2ccc(N(c3ccc(-c4ccc(C(Cc5ccc(-c6ccccc6)cc5)c5cccc(-c6ccccc6)c5)cc4)cc3)c3cccc4c3-c3ccccc3C43c4ccccc4-c4ccccc43)cc21. The molecule has 1 heteroatoms. The molecule has 1 spiro atoms. The zero-order chi connectivity index (χ0) is 52.7. The Kier molecular flexibility index (Phi) is 11.0. The Morgan fingerprint density at radius 1 is 0.304 bits per heavy atom. The number of benzene rings is 12. The van der Waals surface area contributed by atoms with Crippen molar-refractivity contribution in [1.82, 2.24) is 0 Å². The number of hydrogen-bond donors (Lipinski definition) is 0. The van der Waals surface area contributed by atoms with Gasteiger partial charge in [-0.3, -0.25) is 0 Å². The van der Waals surface area contributed by atoms with Crippen molar-refractivity contribution in [3.05, 3.63) is 341 Å². The Morgan fingerprint density at radius 2 is 0.747 bits per heavy atom. The van der Waals surface area contributed by atoms with Crippen LogP contribution in [0.15, 0.2) is 291 Å². The minimum atomic E-state index is -0.449. The molecule has 79 heavy (non-hydrogen) atoms. The third-order valence-corrected chi connectivity index (χ3v) is 17.7. The van der Waals surface area contributed by atoms with Crippen LogP contribution in [0, 0.1) is 0 Å². The van der Waals surface area contributed by atoms with Gasteiger partial charge in [0, 0.05) is 28.3 Å². The average Bonchev–Trinajstić information content (AvgIpc) is 2.23. The second-order valence-electron chi connectivity index (χ2n) is 22.3. The molecule has 0 aliphatic heterocycles. The third kappa shape index (κ3) is 7.45. The Bertz CT molecular complexity index is 4230. The number of nitrogens with zero attached hydrogens (tertiary/aromatic N) is 1. The van der Waals surface area contributed by atoms with Gasteiger partial charge in [0.05, 0.1) is 11.1 Å². The first kappa shape index (κ1) is 46.7. The first-order chi connectivity index (χ1) is 38.9. The van der Waals surface area contributed by atoms with Crippen LogP contribution in [-0.2, 0) is 17.3 Å². The Balaban J connectivity index is 0.835. The normalized spacial score (nSPS) is 13.9. The van der Waals surface area contributed by atoms with Crippen LogP contribution < -0.4 is 4.90 Å². The summed E-state index contributed by atoms with van der Waals surface area (Å²) in [5, 5.41) is 0. The summed E-state index contributed by atoms with van der Waals surface area (Å²) < 4.78 is 0. The van der Waals surface area contributed by atoms with E-state index in [-0.39, 0.29) is 11.3 Å². The van der Waals surface area contributed by atoms with Gasteiger partial charge >= 0.3 is 0 Å². The maximum atomic E-state index is 2.54. The molecule has 0 bridgehead atoms. The highest BCUT2D eigenvalue weighted by Crippen LogP contribution is 2.65. The number of fused-ring (bicyclic) bond motifs is 13. The van der Waals surface area contributed by atoms with Gasteiger partial charge in [0.15, 0.2) is 0 Å². The van der Waals surface area contributed by atoms with Gasteiger partial charge < -0.3 is 4.90 Å². The molecule has 1 atom stereocenters. The standard InChI is InChI=1S/C78H57N/c1-77(2)69-29-13-9-25-63(69)66-48-47-62(51-74(66)77)79(75-34-18-33-73-76(75)67-28-12-16-32-72(67)78(73)70-30-14-10-26-64(70)65-27-11-15-31-71(65)78)61-45-43-57(44-46-61)56-39-41-58(42-40-56)68(60-24-17-23-59(50-60)54-21-7-4-8-22-54)49-52-35-37-55(38-36-52)53-19-5-3-6-20-53/h3-48,50-51,68H,49H2,1-2H3. The van der Waals surface area contributed by atoms with Crippen LogP contribution in [-0.4, -0.2) is 0 Å². The van der Waals surface area contributed by atoms with Crippen molar-refractivity contribution in [3.63, 3.8) is 0 Å². The van der Waals surface area contributed by atoms with Crippen LogP contribution in [0.2, 0.25) is 0 Å². The van der Waals surface area contributed by atoms with Gasteiger partial charge in [-0.1, -0.05) is 275 Å². The first-order valence-corrected chi connectivity index (χ1v) is 27.9. The van der Waals surface area contributed by atoms with Crippen molar-refractivity contribution in [2.75, 3.05) is 4.90 Å². The van der Waals surface area contributed by atoms with Crippen molar-refractivity contribution in [1.29, 1.82) is 0 Å². The molecule has 1 unspecified atom stereocenters. The number of rotatable bonds is 10.